The van der Waals surface area contributed by atoms with E-state index in [1.807, 2.05) is 19.9 Å². The molecule has 0 aliphatic carbocycles. The molecular weight excluding hydrogens is 360 g/mol. The first-order valence-electron chi connectivity index (χ1n) is 7.89. The van der Waals surface area contributed by atoms with Crippen LogP contribution in [0.15, 0.2) is 35.2 Å². The number of hydrogen-bond acceptors (Lipinski definition) is 3. The van der Waals surface area contributed by atoms with Gasteiger partial charge in [-0.15, -0.1) is 0 Å². The van der Waals surface area contributed by atoms with Gasteiger partial charge >= 0.3 is 0 Å². The number of carbonyl (C=O) groups excluding carboxylic acids is 1. The maximum absolute atomic E-state index is 12.8. The molecule has 0 radical (unpaired) electrons. The van der Waals surface area contributed by atoms with Crippen LogP contribution in [0.5, 0.6) is 0 Å². The molecule has 0 saturated carbocycles. The Labute approximate surface area is 152 Å². The third-order valence-corrected chi connectivity index (χ3v) is 5.95. The van der Waals surface area contributed by atoms with E-state index in [-0.39, 0.29) is 10.8 Å². The fourth-order valence-corrected chi connectivity index (χ4v) is 4.74. The van der Waals surface area contributed by atoms with Crippen LogP contribution in [0.4, 0.5) is 11.4 Å². The number of carbonyl (C=O) groups is 1. The summed E-state index contributed by atoms with van der Waals surface area (Å²) in [5.74, 6) is -0.0467. The summed E-state index contributed by atoms with van der Waals surface area (Å²) in [4.78, 5) is 13.4. The Morgan fingerprint density at radius 2 is 1.92 bits per heavy atom. The third kappa shape index (κ3) is 3.37. The fourth-order valence-electron chi connectivity index (χ4n) is 3.11. The summed E-state index contributed by atoms with van der Waals surface area (Å²) < 4.78 is 28.1. The van der Waals surface area contributed by atoms with Gasteiger partial charge in [-0.3, -0.25) is 9.52 Å². The van der Waals surface area contributed by atoms with Gasteiger partial charge in [-0.25, -0.2) is 8.42 Å². The van der Waals surface area contributed by atoms with E-state index >= 15 is 0 Å². The lowest BCUT2D eigenvalue weighted by Gasteiger charge is -2.16. The van der Waals surface area contributed by atoms with Crippen LogP contribution in [0.2, 0.25) is 5.02 Å². The number of rotatable bonds is 3. The molecule has 3 rings (SSSR count). The molecule has 0 atom stereocenters. The molecule has 0 unspecified atom stereocenters. The van der Waals surface area contributed by atoms with Gasteiger partial charge in [0.05, 0.1) is 15.6 Å². The standard InChI is InChI=1S/C18H19ClN2O3S/c1-11-8-12(2)18(16(19)9-11)20-25(23,24)15-4-5-17-14(10-15)6-7-21(17)13(3)22/h4-5,8-10,20H,6-7H2,1-3H3. The van der Waals surface area contributed by atoms with E-state index in [1.54, 1.807) is 23.1 Å². The summed E-state index contributed by atoms with van der Waals surface area (Å²) >= 11 is 6.20. The zero-order valence-corrected chi connectivity index (χ0v) is 15.8. The van der Waals surface area contributed by atoms with Crippen LogP contribution >= 0.6 is 11.6 Å². The molecule has 25 heavy (non-hydrogen) atoms. The Morgan fingerprint density at radius 1 is 1.20 bits per heavy atom. The average molecular weight is 379 g/mol. The molecule has 1 heterocycles. The van der Waals surface area contributed by atoms with Gasteiger partial charge in [0, 0.05) is 19.2 Å². The lowest BCUT2D eigenvalue weighted by Crippen LogP contribution is -2.25. The van der Waals surface area contributed by atoms with E-state index in [0.29, 0.717) is 23.7 Å². The normalized spacial score (nSPS) is 13.7. The van der Waals surface area contributed by atoms with Crippen LogP contribution < -0.4 is 9.62 Å². The van der Waals surface area contributed by atoms with E-state index < -0.39 is 10.0 Å². The maximum Gasteiger partial charge on any atom is 0.261 e. The molecule has 0 spiro atoms. The number of nitrogens with zero attached hydrogens (tertiary/aromatic N) is 1. The van der Waals surface area contributed by atoms with Crippen molar-refractivity contribution in [1.82, 2.24) is 0 Å². The molecule has 1 aliphatic rings. The summed E-state index contributed by atoms with van der Waals surface area (Å²) in [6.45, 7) is 5.79. The van der Waals surface area contributed by atoms with Gasteiger partial charge in [-0.1, -0.05) is 17.7 Å². The average Bonchev–Trinajstić information content (AvgIpc) is 2.94. The zero-order chi connectivity index (χ0) is 18.4. The highest BCUT2D eigenvalue weighted by Gasteiger charge is 2.25. The Balaban J connectivity index is 1.96. The smallest absolute Gasteiger partial charge is 0.261 e. The predicted molar refractivity (Wildman–Crippen MR) is 99.9 cm³/mol. The number of amides is 1. The van der Waals surface area contributed by atoms with Crippen molar-refractivity contribution in [3.63, 3.8) is 0 Å². The van der Waals surface area contributed by atoms with Crippen molar-refractivity contribution in [1.29, 1.82) is 0 Å². The highest BCUT2D eigenvalue weighted by molar-refractivity contribution is 7.92. The molecule has 1 amide bonds. The summed E-state index contributed by atoms with van der Waals surface area (Å²) in [6, 6.07) is 8.41. The molecule has 0 fully saturated rings. The van der Waals surface area contributed by atoms with Gasteiger partial charge in [-0.2, -0.15) is 0 Å². The molecule has 2 aromatic carbocycles. The number of sulfonamides is 1. The Bertz CT molecular complexity index is 947. The number of halogens is 1. The second kappa shape index (κ2) is 6.35. The molecule has 7 heteroatoms. The first kappa shape index (κ1) is 17.8. The quantitative estimate of drug-likeness (QED) is 0.886. The Morgan fingerprint density at radius 3 is 2.56 bits per heavy atom. The molecular formula is C18H19ClN2O3S. The number of hydrogen-bond donors (Lipinski definition) is 1. The van der Waals surface area contributed by atoms with Crippen molar-refractivity contribution >= 4 is 38.9 Å². The zero-order valence-electron chi connectivity index (χ0n) is 14.3. The van der Waals surface area contributed by atoms with Crippen LogP contribution in [0, 0.1) is 13.8 Å². The molecule has 0 saturated heterocycles. The molecule has 5 nitrogen and oxygen atoms in total. The topological polar surface area (TPSA) is 66.5 Å². The minimum Gasteiger partial charge on any atom is -0.312 e. The Hall–Kier alpha value is -2.05. The summed E-state index contributed by atoms with van der Waals surface area (Å²) in [5.41, 5.74) is 3.74. The Kier molecular flexibility index (Phi) is 4.51. The van der Waals surface area contributed by atoms with E-state index in [0.717, 1.165) is 22.4 Å². The summed E-state index contributed by atoms with van der Waals surface area (Å²) in [5, 5.41) is 0.366. The van der Waals surface area contributed by atoms with Gasteiger partial charge in [-0.05, 0) is 61.2 Å². The van der Waals surface area contributed by atoms with Crippen LogP contribution in [0.3, 0.4) is 0 Å². The third-order valence-electron chi connectivity index (χ3n) is 4.31. The van der Waals surface area contributed by atoms with Gasteiger partial charge in [0.15, 0.2) is 0 Å². The second-order valence-electron chi connectivity index (χ2n) is 6.26. The first-order chi connectivity index (χ1) is 11.7. The second-order valence-corrected chi connectivity index (χ2v) is 8.34. The maximum atomic E-state index is 12.8. The van der Waals surface area contributed by atoms with Crippen molar-refractivity contribution in [2.75, 3.05) is 16.2 Å². The predicted octanol–water partition coefficient (Wildman–Crippen LogP) is 3.67. The van der Waals surface area contributed by atoms with E-state index in [9.17, 15) is 13.2 Å². The van der Waals surface area contributed by atoms with Crippen LogP contribution in [0.1, 0.15) is 23.6 Å². The number of benzene rings is 2. The van der Waals surface area contributed by atoms with E-state index in [1.165, 1.54) is 13.0 Å². The van der Waals surface area contributed by atoms with Crippen LogP contribution in [-0.2, 0) is 21.2 Å². The van der Waals surface area contributed by atoms with Gasteiger partial charge < -0.3 is 4.90 Å². The molecule has 132 valence electrons. The van der Waals surface area contributed by atoms with E-state index in [4.69, 9.17) is 11.6 Å². The lowest BCUT2D eigenvalue weighted by molar-refractivity contribution is -0.116. The number of aryl methyl sites for hydroxylation is 2. The van der Waals surface area contributed by atoms with Gasteiger partial charge in [0.1, 0.15) is 0 Å². The van der Waals surface area contributed by atoms with Gasteiger partial charge in [0.25, 0.3) is 10.0 Å². The molecule has 2 aromatic rings. The minimum atomic E-state index is -3.77. The first-order valence-corrected chi connectivity index (χ1v) is 9.76. The van der Waals surface area contributed by atoms with Crippen LogP contribution in [-0.4, -0.2) is 20.9 Å². The van der Waals surface area contributed by atoms with E-state index in [2.05, 4.69) is 4.72 Å². The minimum absolute atomic E-state index is 0.0467. The largest absolute Gasteiger partial charge is 0.312 e. The number of fused-ring (bicyclic) bond motifs is 1. The molecule has 0 aromatic heterocycles. The SMILES string of the molecule is CC(=O)N1CCc2cc(S(=O)(=O)Nc3c(C)cc(C)cc3Cl)ccc21. The number of anilines is 2. The number of nitrogens with one attached hydrogen (secondary N) is 1. The van der Waals surface area contributed by atoms with Crippen molar-refractivity contribution in [2.24, 2.45) is 0 Å². The lowest BCUT2D eigenvalue weighted by atomic mass is 10.1. The van der Waals surface area contributed by atoms with Crippen LogP contribution in [0.25, 0.3) is 0 Å². The monoisotopic (exact) mass is 378 g/mol. The summed E-state index contributed by atoms with van der Waals surface area (Å²) in [7, 11) is -3.77. The van der Waals surface area contributed by atoms with Crippen molar-refractivity contribution in [3.05, 3.63) is 52.0 Å². The fraction of sp³-hybridized carbons (Fsp3) is 0.278. The molecule has 1 N–H and O–H groups in total. The van der Waals surface area contributed by atoms with Crippen molar-refractivity contribution in [2.45, 2.75) is 32.1 Å². The highest BCUT2D eigenvalue weighted by Crippen LogP contribution is 2.33. The summed E-state index contributed by atoms with van der Waals surface area (Å²) in [6.07, 6.45) is 0.641. The molecule has 0 bridgehead atoms. The van der Waals surface area contributed by atoms with Crippen molar-refractivity contribution < 1.29 is 13.2 Å². The highest BCUT2D eigenvalue weighted by atomic mass is 35.5. The van der Waals surface area contributed by atoms with Gasteiger partial charge in [0.2, 0.25) is 5.91 Å². The van der Waals surface area contributed by atoms with Crippen molar-refractivity contribution in [3.8, 4) is 0 Å². The molecule has 1 aliphatic heterocycles.